The molecule has 138 valence electrons. The van der Waals surface area contributed by atoms with Gasteiger partial charge in [0.15, 0.2) is 5.78 Å². The van der Waals surface area contributed by atoms with Crippen molar-refractivity contribution in [1.82, 2.24) is 10.1 Å². The summed E-state index contributed by atoms with van der Waals surface area (Å²) in [6, 6.07) is 1.43. The number of carbonyl (C=O) groups excluding carboxylic acids is 2. The number of nitrogens with two attached hydrogens (primary N) is 1. The van der Waals surface area contributed by atoms with Gasteiger partial charge in [-0.25, -0.2) is 0 Å². The van der Waals surface area contributed by atoms with E-state index in [0.29, 0.717) is 30.4 Å². The fourth-order valence-electron chi connectivity index (χ4n) is 3.64. The summed E-state index contributed by atoms with van der Waals surface area (Å²) in [6.07, 6.45) is 5.30. The standard InChI is InChI=1S/C19H29N3O3/c1-3-15(20)19(24)22-8-6-13(7-9-22)12(2)10-17(23)16-11-18(25-21-16)14-4-5-14/h11-15H,3-10,20H2,1-2H3/t12?,15-/m0/s1. The van der Waals surface area contributed by atoms with Crippen LogP contribution >= 0.6 is 0 Å². The topological polar surface area (TPSA) is 89.4 Å². The molecule has 1 amide bonds. The van der Waals surface area contributed by atoms with Crippen molar-refractivity contribution in [2.24, 2.45) is 17.6 Å². The van der Waals surface area contributed by atoms with Gasteiger partial charge >= 0.3 is 0 Å². The molecule has 25 heavy (non-hydrogen) atoms. The largest absolute Gasteiger partial charge is 0.360 e. The number of hydrogen-bond acceptors (Lipinski definition) is 5. The molecule has 2 heterocycles. The average molecular weight is 347 g/mol. The number of carbonyl (C=O) groups is 2. The Balaban J connectivity index is 1.47. The molecule has 1 saturated carbocycles. The molecule has 1 saturated heterocycles. The Kier molecular flexibility index (Phi) is 5.57. The molecule has 6 heteroatoms. The third-order valence-electron chi connectivity index (χ3n) is 5.71. The Morgan fingerprint density at radius 1 is 1.32 bits per heavy atom. The van der Waals surface area contributed by atoms with Crippen molar-refractivity contribution < 1.29 is 14.1 Å². The van der Waals surface area contributed by atoms with E-state index >= 15 is 0 Å². The number of piperidine rings is 1. The van der Waals surface area contributed by atoms with Gasteiger partial charge in [-0.1, -0.05) is 19.0 Å². The van der Waals surface area contributed by atoms with Gasteiger partial charge in [-0.05, 0) is 43.9 Å². The Morgan fingerprint density at radius 2 is 2.00 bits per heavy atom. The Morgan fingerprint density at radius 3 is 2.60 bits per heavy atom. The molecule has 3 rings (SSSR count). The van der Waals surface area contributed by atoms with Crippen LogP contribution in [0.1, 0.15) is 74.5 Å². The van der Waals surface area contributed by atoms with Gasteiger partial charge in [0.2, 0.25) is 5.91 Å². The number of Topliss-reactive ketones (excluding diaryl/α,β-unsaturated/α-hetero) is 1. The maximum Gasteiger partial charge on any atom is 0.239 e. The zero-order valence-electron chi connectivity index (χ0n) is 15.2. The third kappa shape index (κ3) is 4.29. The van der Waals surface area contributed by atoms with E-state index in [9.17, 15) is 9.59 Å². The first-order valence-electron chi connectivity index (χ1n) is 9.53. The number of likely N-dealkylation sites (tertiary alicyclic amines) is 1. The zero-order valence-corrected chi connectivity index (χ0v) is 15.2. The molecule has 0 bridgehead atoms. The SMILES string of the molecule is CC[C@H](N)C(=O)N1CCC(C(C)CC(=O)c2cc(C3CC3)on2)CC1. The smallest absolute Gasteiger partial charge is 0.239 e. The van der Waals surface area contributed by atoms with Crippen LogP contribution in [0.2, 0.25) is 0 Å². The van der Waals surface area contributed by atoms with Gasteiger partial charge < -0.3 is 15.2 Å². The number of nitrogens with zero attached hydrogens (tertiary/aromatic N) is 2. The number of ketones is 1. The van der Waals surface area contributed by atoms with Crippen molar-refractivity contribution >= 4 is 11.7 Å². The average Bonchev–Trinajstić information content (AvgIpc) is 3.37. The summed E-state index contributed by atoms with van der Waals surface area (Å²) < 4.78 is 5.28. The molecular weight excluding hydrogens is 318 g/mol. The minimum absolute atomic E-state index is 0.0554. The molecule has 2 fully saturated rings. The van der Waals surface area contributed by atoms with Gasteiger partial charge in [0, 0.05) is 31.5 Å². The van der Waals surface area contributed by atoms with Crippen LogP contribution in [0.5, 0.6) is 0 Å². The molecule has 6 nitrogen and oxygen atoms in total. The summed E-state index contributed by atoms with van der Waals surface area (Å²) in [5.41, 5.74) is 6.32. The Bertz CT molecular complexity index is 615. The summed E-state index contributed by atoms with van der Waals surface area (Å²) in [5, 5.41) is 3.95. The molecule has 2 N–H and O–H groups in total. The van der Waals surface area contributed by atoms with Gasteiger partial charge in [-0.3, -0.25) is 9.59 Å². The second-order valence-electron chi connectivity index (χ2n) is 7.67. The predicted molar refractivity (Wildman–Crippen MR) is 94.2 cm³/mol. The fourth-order valence-corrected chi connectivity index (χ4v) is 3.64. The molecular formula is C19H29N3O3. The van der Waals surface area contributed by atoms with Gasteiger partial charge in [0.05, 0.1) is 6.04 Å². The molecule has 1 aromatic rings. The van der Waals surface area contributed by atoms with Crippen LogP contribution < -0.4 is 5.73 Å². The van der Waals surface area contributed by atoms with E-state index in [2.05, 4.69) is 12.1 Å². The van der Waals surface area contributed by atoms with E-state index in [1.165, 1.54) is 0 Å². The van der Waals surface area contributed by atoms with Crippen molar-refractivity contribution in [3.8, 4) is 0 Å². The first-order valence-corrected chi connectivity index (χ1v) is 9.53. The lowest BCUT2D eigenvalue weighted by atomic mass is 9.82. The summed E-state index contributed by atoms with van der Waals surface area (Å²) in [7, 11) is 0. The van der Waals surface area contributed by atoms with Gasteiger partial charge in [-0.2, -0.15) is 0 Å². The van der Waals surface area contributed by atoms with Crippen LogP contribution in [0, 0.1) is 11.8 Å². The lowest BCUT2D eigenvalue weighted by Gasteiger charge is -2.35. The van der Waals surface area contributed by atoms with E-state index < -0.39 is 0 Å². The monoisotopic (exact) mass is 347 g/mol. The quantitative estimate of drug-likeness (QED) is 0.766. The third-order valence-corrected chi connectivity index (χ3v) is 5.71. The van der Waals surface area contributed by atoms with E-state index in [-0.39, 0.29) is 23.7 Å². The van der Waals surface area contributed by atoms with Gasteiger partial charge in [0.1, 0.15) is 11.5 Å². The normalized spacial score (nSPS) is 21.2. The minimum Gasteiger partial charge on any atom is -0.360 e. The maximum absolute atomic E-state index is 12.5. The lowest BCUT2D eigenvalue weighted by molar-refractivity contribution is -0.134. The second kappa shape index (κ2) is 7.68. The summed E-state index contributed by atoms with van der Waals surface area (Å²) in [6.45, 7) is 5.54. The van der Waals surface area contributed by atoms with Crippen molar-refractivity contribution in [3.05, 3.63) is 17.5 Å². The van der Waals surface area contributed by atoms with Crippen LogP contribution in [0.25, 0.3) is 0 Å². The molecule has 1 aliphatic carbocycles. The summed E-state index contributed by atoms with van der Waals surface area (Å²) in [4.78, 5) is 26.5. The minimum atomic E-state index is -0.386. The highest BCUT2D eigenvalue weighted by atomic mass is 16.5. The molecule has 1 aromatic heterocycles. The highest BCUT2D eigenvalue weighted by Gasteiger charge is 2.31. The number of amides is 1. The van der Waals surface area contributed by atoms with Crippen molar-refractivity contribution in [3.63, 3.8) is 0 Å². The Hall–Kier alpha value is -1.69. The Labute approximate surface area is 149 Å². The molecule has 1 unspecified atom stereocenters. The maximum atomic E-state index is 12.5. The van der Waals surface area contributed by atoms with Crippen LogP contribution in [0.3, 0.4) is 0 Å². The first kappa shape index (κ1) is 18.1. The first-order chi connectivity index (χ1) is 12.0. The summed E-state index contributed by atoms with van der Waals surface area (Å²) >= 11 is 0. The molecule has 0 aromatic carbocycles. The van der Waals surface area contributed by atoms with Crippen LogP contribution in [-0.4, -0.2) is 40.9 Å². The summed E-state index contributed by atoms with van der Waals surface area (Å²) in [5.74, 6) is 2.19. The van der Waals surface area contributed by atoms with Crippen LogP contribution in [0.4, 0.5) is 0 Å². The van der Waals surface area contributed by atoms with Crippen LogP contribution in [-0.2, 0) is 4.79 Å². The molecule has 0 radical (unpaired) electrons. The van der Waals surface area contributed by atoms with Gasteiger partial charge in [-0.15, -0.1) is 0 Å². The van der Waals surface area contributed by atoms with Gasteiger partial charge in [0.25, 0.3) is 0 Å². The molecule has 1 aliphatic heterocycles. The zero-order chi connectivity index (χ0) is 18.0. The van der Waals surface area contributed by atoms with E-state index in [0.717, 1.165) is 44.5 Å². The van der Waals surface area contributed by atoms with E-state index in [1.54, 1.807) is 0 Å². The van der Waals surface area contributed by atoms with Crippen molar-refractivity contribution in [2.45, 2.75) is 64.3 Å². The lowest BCUT2D eigenvalue weighted by Crippen LogP contribution is -2.47. The van der Waals surface area contributed by atoms with Crippen molar-refractivity contribution in [1.29, 1.82) is 0 Å². The predicted octanol–water partition coefficient (Wildman–Crippen LogP) is 2.74. The van der Waals surface area contributed by atoms with Crippen molar-refractivity contribution in [2.75, 3.05) is 13.1 Å². The molecule has 2 aliphatic rings. The second-order valence-corrected chi connectivity index (χ2v) is 7.67. The van der Waals surface area contributed by atoms with Crippen LogP contribution in [0.15, 0.2) is 10.6 Å². The highest BCUT2D eigenvalue weighted by molar-refractivity contribution is 5.94. The molecule has 0 spiro atoms. The van der Waals surface area contributed by atoms with E-state index in [4.69, 9.17) is 10.3 Å². The van der Waals surface area contributed by atoms with E-state index in [1.807, 2.05) is 17.9 Å². The fraction of sp³-hybridized carbons (Fsp3) is 0.737. The number of hydrogen-bond donors (Lipinski definition) is 1. The highest BCUT2D eigenvalue weighted by Crippen LogP contribution is 2.40. The number of rotatable bonds is 7. The molecule has 2 atom stereocenters. The number of aromatic nitrogens is 1.